The zero-order valence-electron chi connectivity index (χ0n) is 10.3. The van der Waals surface area contributed by atoms with Gasteiger partial charge in [0.25, 0.3) is 5.91 Å². The second-order valence-electron chi connectivity index (χ2n) is 5.15. The summed E-state index contributed by atoms with van der Waals surface area (Å²) in [5, 5.41) is 12.3. The number of nitrogens with zero attached hydrogens (tertiary/aromatic N) is 2. The van der Waals surface area contributed by atoms with Gasteiger partial charge < -0.3 is 4.74 Å². The van der Waals surface area contributed by atoms with Crippen LogP contribution in [0, 0.1) is 0 Å². The summed E-state index contributed by atoms with van der Waals surface area (Å²) in [6, 6.07) is 0. The highest BCUT2D eigenvalue weighted by molar-refractivity contribution is 7.15. The Morgan fingerprint density at radius 1 is 1.47 bits per heavy atom. The summed E-state index contributed by atoms with van der Waals surface area (Å²) in [5.41, 5.74) is -0.0372. The molecular weight excluding hydrogens is 238 g/mol. The fourth-order valence-corrected chi connectivity index (χ4v) is 2.35. The number of hydrogen-bond acceptors (Lipinski definition) is 5. The molecule has 94 valence electrons. The first-order chi connectivity index (χ1) is 7.97. The van der Waals surface area contributed by atoms with Gasteiger partial charge in [0.2, 0.25) is 5.13 Å². The molecule has 1 saturated heterocycles. The van der Waals surface area contributed by atoms with E-state index in [1.54, 1.807) is 0 Å². The average molecular weight is 255 g/mol. The van der Waals surface area contributed by atoms with Crippen LogP contribution in [0.1, 0.15) is 38.6 Å². The molecule has 0 aromatic carbocycles. The molecule has 0 bridgehead atoms. The lowest BCUT2D eigenvalue weighted by atomic mass is 9.98. The van der Waals surface area contributed by atoms with Crippen molar-refractivity contribution in [3.63, 3.8) is 0 Å². The third kappa shape index (κ3) is 3.01. The third-order valence-corrected chi connectivity index (χ3v) is 3.78. The summed E-state index contributed by atoms with van der Waals surface area (Å²) >= 11 is 1.42. The second-order valence-corrected chi connectivity index (χ2v) is 6.13. The maximum Gasteiger partial charge on any atom is 0.255 e. The first kappa shape index (κ1) is 12.4. The minimum absolute atomic E-state index is 0.0372. The van der Waals surface area contributed by atoms with Gasteiger partial charge in [-0.3, -0.25) is 10.1 Å². The number of ether oxygens (including phenoxy) is 1. The average Bonchev–Trinajstić information content (AvgIpc) is 2.85. The van der Waals surface area contributed by atoms with Gasteiger partial charge in [0.1, 0.15) is 11.1 Å². The zero-order chi connectivity index (χ0) is 12.5. The zero-order valence-corrected chi connectivity index (χ0v) is 11.1. The van der Waals surface area contributed by atoms with E-state index in [0.717, 1.165) is 17.8 Å². The minimum Gasteiger partial charge on any atom is -0.368 e. The van der Waals surface area contributed by atoms with Crippen LogP contribution in [0.15, 0.2) is 0 Å². The van der Waals surface area contributed by atoms with Gasteiger partial charge in [-0.15, -0.1) is 10.2 Å². The lowest BCUT2D eigenvalue weighted by Crippen LogP contribution is -2.26. The molecule has 1 N–H and O–H groups in total. The van der Waals surface area contributed by atoms with Crippen LogP contribution in [0.5, 0.6) is 0 Å². The van der Waals surface area contributed by atoms with Gasteiger partial charge in [-0.25, -0.2) is 0 Å². The predicted octanol–water partition coefficient (Wildman–Crippen LogP) is 1.95. The molecule has 1 fully saturated rings. The first-order valence-corrected chi connectivity index (χ1v) is 6.55. The summed E-state index contributed by atoms with van der Waals surface area (Å²) in [4.78, 5) is 11.8. The van der Waals surface area contributed by atoms with Crippen molar-refractivity contribution in [1.29, 1.82) is 0 Å². The highest BCUT2D eigenvalue weighted by Gasteiger charge is 2.25. The molecule has 0 saturated carbocycles. The van der Waals surface area contributed by atoms with Gasteiger partial charge in [0, 0.05) is 12.0 Å². The van der Waals surface area contributed by atoms with Crippen molar-refractivity contribution in [3.8, 4) is 0 Å². The van der Waals surface area contributed by atoms with Crippen molar-refractivity contribution in [2.45, 2.75) is 45.1 Å². The highest BCUT2D eigenvalue weighted by atomic mass is 32.1. The Morgan fingerprint density at radius 3 is 2.76 bits per heavy atom. The van der Waals surface area contributed by atoms with E-state index < -0.39 is 0 Å². The van der Waals surface area contributed by atoms with Crippen LogP contribution in [0.2, 0.25) is 0 Å². The third-order valence-electron chi connectivity index (χ3n) is 2.52. The van der Waals surface area contributed by atoms with Gasteiger partial charge >= 0.3 is 0 Å². The SMILES string of the molecule is CC(C)(C)c1nnc(NC(=O)[C@H]2CCCO2)s1. The van der Waals surface area contributed by atoms with Crippen LogP contribution in [0.25, 0.3) is 0 Å². The van der Waals surface area contributed by atoms with E-state index in [2.05, 4.69) is 36.3 Å². The summed E-state index contributed by atoms with van der Waals surface area (Å²) in [6.45, 7) is 6.87. The molecule has 2 heterocycles. The molecule has 1 atom stereocenters. The van der Waals surface area contributed by atoms with Crippen molar-refractivity contribution in [2.75, 3.05) is 11.9 Å². The van der Waals surface area contributed by atoms with Gasteiger partial charge in [-0.2, -0.15) is 0 Å². The molecule has 1 aliphatic heterocycles. The second kappa shape index (κ2) is 4.70. The molecule has 1 aromatic heterocycles. The standard InChI is InChI=1S/C11H17N3O2S/c1-11(2,3)9-13-14-10(17-9)12-8(15)7-5-4-6-16-7/h7H,4-6H2,1-3H3,(H,12,14,15)/t7-/m1/s1. The lowest BCUT2D eigenvalue weighted by molar-refractivity contribution is -0.124. The van der Waals surface area contributed by atoms with Gasteiger partial charge in [0.05, 0.1) is 0 Å². The lowest BCUT2D eigenvalue weighted by Gasteiger charge is -2.12. The molecule has 1 aliphatic rings. The van der Waals surface area contributed by atoms with E-state index in [1.165, 1.54) is 11.3 Å². The van der Waals surface area contributed by atoms with Crippen LogP contribution in [0.3, 0.4) is 0 Å². The number of rotatable bonds is 2. The number of carbonyl (C=O) groups is 1. The van der Waals surface area contributed by atoms with Crippen LogP contribution >= 0.6 is 11.3 Å². The highest BCUT2D eigenvalue weighted by Crippen LogP contribution is 2.28. The maximum absolute atomic E-state index is 11.8. The molecule has 0 unspecified atom stereocenters. The summed E-state index contributed by atoms with van der Waals surface area (Å²) < 4.78 is 5.31. The molecule has 5 nitrogen and oxygen atoms in total. The number of anilines is 1. The van der Waals surface area contributed by atoms with E-state index in [-0.39, 0.29) is 17.4 Å². The number of hydrogen-bond donors (Lipinski definition) is 1. The molecule has 1 aromatic rings. The van der Waals surface area contributed by atoms with Crippen molar-refractivity contribution in [3.05, 3.63) is 5.01 Å². The number of carbonyl (C=O) groups excluding carboxylic acids is 1. The Balaban J connectivity index is 1.99. The Kier molecular flexibility index (Phi) is 3.44. The molecule has 1 amide bonds. The summed E-state index contributed by atoms with van der Waals surface area (Å²) in [5.74, 6) is -0.112. The van der Waals surface area contributed by atoms with Gasteiger partial charge in [0.15, 0.2) is 0 Å². The molecule has 6 heteroatoms. The topological polar surface area (TPSA) is 64.1 Å². The first-order valence-electron chi connectivity index (χ1n) is 5.73. The van der Waals surface area contributed by atoms with Crippen molar-refractivity contribution in [1.82, 2.24) is 10.2 Å². The maximum atomic E-state index is 11.8. The van der Waals surface area contributed by atoms with E-state index in [0.29, 0.717) is 11.7 Å². The molecule has 0 aliphatic carbocycles. The largest absolute Gasteiger partial charge is 0.368 e. The number of amides is 1. The van der Waals surface area contributed by atoms with Crippen LogP contribution in [0.4, 0.5) is 5.13 Å². The van der Waals surface area contributed by atoms with E-state index in [9.17, 15) is 4.79 Å². The molecule has 17 heavy (non-hydrogen) atoms. The quantitative estimate of drug-likeness (QED) is 0.877. The Hall–Kier alpha value is -1.01. The van der Waals surface area contributed by atoms with E-state index in [4.69, 9.17) is 4.74 Å². The molecule has 0 spiro atoms. The predicted molar refractivity (Wildman–Crippen MR) is 66.2 cm³/mol. The van der Waals surface area contributed by atoms with Crippen molar-refractivity contribution >= 4 is 22.4 Å². The minimum atomic E-state index is -0.322. The van der Waals surface area contributed by atoms with Crippen LogP contribution in [-0.4, -0.2) is 28.8 Å². The van der Waals surface area contributed by atoms with Crippen molar-refractivity contribution < 1.29 is 9.53 Å². The van der Waals surface area contributed by atoms with Crippen molar-refractivity contribution in [2.24, 2.45) is 0 Å². The van der Waals surface area contributed by atoms with Gasteiger partial charge in [-0.05, 0) is 12.8 Å². The monoisotopic (exact) mass is 255 g/mol. The Bertz CT molecular complexity index is 405. The molecular formula is C11H17N3O2S. The summed E-state index contributed by atoms with van der Waals surface area (Å²) in [6.07, 6.45) is 1.41. The van der Waals surface area contributed by atoms with E-state index in [1.807, 2.05) is 0 Å². The Labute approximate surface area is 105 Å². The fourth-order valence-electron chi connectivity index (χ4n) is 1.55. The van der Waals surface area contributed by atoms with Crippen LogP contribution in [-0.2, 0) is 14.9 Å². The van der Waals surface area contributed by atoms with Crippen LogP contribution < -0.4 is 5.32 Å². The molecule has 2 rings (SSSR count). The van der Waals surface area contributed by atoms with E-state index >= 15 is 0 Å². The summed E-state index contributed by atoms with van der Waals surface area (Å²) in [7, 11) is 0. The number of aromatic nitrogens is 2. The fraction of sp³-hybridized carbons (Fsp3) is 0.727. The normalized spacial score (nSPS) is 20.5. The Morgan fingerprint density at radius 2 is 2.24 bits per heavy atom. The molecule has 0 radical (unpaired) electrons. The smallest absolute Gasteiger partial charge is 0.255 e. The number of nitrogens with one attached hydrogen (secondary N) is 1. The van der Waals surface area contributed by atoms with Gasteiger partial charge in [-0.1, -0.05) is 32.1 Å².